The molecule has 3 aromatic heterocycles. The van der Waals surface area contributed by atoms with Crippen molar-refractivity contribution in [2.45, 2.75) is 38.5 Å². The second-order valence-electron chi connectivity index (χ2n) is 11.1. The highest BCUT2D eigenvalue weighted by molar-refractivity contribution is 6.39. The smallest absolute Gasteiger partial charge is 0.259 e. The lowest BCUT2D eigenvalue weighted by molar-refractivity contribution is -0.135. The predicted molar refractivity (Wildman–Crippen MR) is 157 cm³/mol. The Morgan fingerprint density at radius 1 is 1.00 bits per heavy atom. The molecule has 0 aliphatic carbocycles. The predicted octanol–water partition coefficient (Wildman–Crippen LogP) is 4.01. The van der Waals surface area contributed by atoms with E-state index in [9.17, 15) is 14.4 Å². The Morgan fingerprint density at radius 3 is 2.59 bits per heavy atom. The molecule has 0 saturated carbocycles. The molecule has 0 bridgehead atoms. The van der Waals surface area contributed by atoms with Gasteiger partial charge in [0.2, 0.25) is 5.91 Å². The highest BCUT2D eigenvalue weighted by Crippen LogP contribution is 2.45. The van der Waals surface area contributed by atoms with Gasteiger partial charge < -0.3 is 20.2 Å². The monoisotopic (exact) mass is 542 g/mol. The minimum Gasteiger partial charge on any atom is -0.353 e. The number of aromatic amines is 1. The van der Waals surface area contributed by atoms with E-state index < -0.39 is 6.04 Å². The normalized spacial score (nSPS) is 17.4. The second kappa shape index (κ2) is 8.49. The summed E-state index contributed by atoms with van der Waals surface area (Å²) in [6.07, 6.45) is 3.84. The Morgan fingerprint density at radius 2 is 1.78 bits per heavy atom. The number of nitrogens with zero attached hydrogens (tertiary/aromatic N) is 3. The van der Waals surface area contributed by atoms with Crippen LogP contribution in [0.4, 0.5) is 0 Å². The van der Waals surface area contributed by atoms with Gasteiger partial charge in [0.1, 0.15) is 0 Å². The third kappa shape index (κ3) is 3.26. The summed E-state index contributed by atoms with van der Waals surface area (Å²) in [5.41, 5.74) is 12.7. The average Bonchev–Trinajstić information content (AvgIpc) is 3.57. The number of amides is 3. The zero-order valence-corrected chi connectivity index (χ0v) is 22.3. The molecule has 3 aromatic carbocycles. The number of nitrogens with two attached hydrogens (primary N) is 1. The molecule has 41 heavy (non-hydrogen) atoms. The maximum Gasteiger partial charge on any atom is 0.259 e. The van der Waals surface area contributed by atoms with Gasteiger partial charge in [-0.05, 0) is 36.6 Å². The molecular formula is C32H26N6O3. The van der Waals surface area contributed by atoms with Gasteiger partial charge in [0.15, 0.2) is 0 Å². The van der Waals surface area contributed by atoms with Crippen LogP contribution in [0.5, 0.6) is 0 Å². The molecule has 0 saturated heterocycles. The molecule has 0 fully saturated rings. The van der Waals surface area contributed by atoms with Crippen molar-refractivity contribution in [3.8, 4) is 0 Å². The first kappa shape index (κ1) is 23.8. The van der Waals surface area contributed by atoms with Crippen LogP contribution in [0.15, 0.2) is 67.0 Å². The van der Waals surface area contributed by atoms with Gasteiger partial charge in [0.25, 0.3) is 11.8 Å². The summed E-state index contributed by atoms with van der Waals surface area (Å²) in [6, 6.07) is 16.7. The Balaban J connectivity index is 1.36. The molecule has 2 unspecified atom stereocenters. The topological polar surface area (TPSA) is 126 Å². The number of benzene rings is 3. The molecule has 2 aliphatic heterocycles. The van der Waals surface area contributed by atoms with Gasteiger partial charge in [-0.1, -0.05) is 42.5 Å². The van der Waals surface area contributed by atoms with Gasteiger partial charge in [-0.2, -0.15) is 0 Å². The van der Waals surface area contributed by atoms with Crippen LogP contribution >= 0.6 is 0 Å². The van der Waals surface area contributed by atoms with E-state index in [0.29, 0.717) is 30.6 Å². The molecule has 4 N–H and O–H groups in total. The molecule has 0 radical (unpaired) electrons. The molecule has 9 nitrogen and oxygen atoms in total. The maximum atomic E-state index is 13.8. The molecular weight excluding hydrogens is 516 g/mol. The number of nitrogens with one attached hydrogen (secondary N) is 2. The summed E-state index contributed by atoms with van der Waals surface area (Å²) >= 11 is 0. The minimum atomic E-state index is -0.701. The SMILES string of the molecule is CC1Cn2c3c(cccc3c3c4c(c5c6ccccc6[nH]c5c32)C(=O)NC4=O)CN1C(=O)C(N)Cc1cccnc1. The highest BCUT2D eigenvalue weighted by Gasteiger charge is 2.37. The van der Waals surface area contributed by atoms with Crippen molar-refractivity contribution >= 4 is 61.3 Å². The van der Waals surface area contributed by atoms with Crippen LogP contribution in [-0.4, -0.2) is 49.2 Å². The molecule has 0 spiro atoms. The van der Waals surface area contributed by atoms with E-state index in [0.717, 1.165) is 54.7 Å². The average molecular weight is 543 g/mol. The lowest BCUT2D eigenvalue weighted by Gasteiger charge is -2.30. The van der Waals surface area contributed by atoms with Crippen LogP contribution in [0.1, 0.15) is 38.8 Å². The van der Waals surface area contributed by atoms with E-state index >= 15 is 0 Å². The molecule has 2 atom stereocenters. The van der Waals surface area contributed by atoms with Crippen LogP contribution in [-0.2, 0) is 24.3 Å². The zero-order chi connectivity index (χ0) is 28.0. The van der Waals surface area contributed by atoms with E-state index in [2.05, 4.69) is 19.9 Å². The number of hydrogen-bond donors (Lipinski definition) is 3. The van der Waals surface area contributed by atoms with Gasteiger partial charge in [0, 0.05) is 58.6 Å². The Kier molecular flexibility index (Phi) is 4.93. The third-order valence-electron chi connectivity index (χ3n) is 8.64. The summed E-state index contributed by atoms with van der Waals surface area (Å²) in [5, 5.41) is 5.84. The van der Waals surface area contributed by atoms with Crippen molar-refractivity contribution in [3.05, 3.63) is 89.2 Å². The van der Waals surface area contributed by atoms with E-state index in [-0.39, 0.29) is 23.8 Å². The molecule has 202 valence electrons. The van der Waals surface area contributed by atoms with E-state index in [4.69, 9.17) is 5.73 Å². The number of para-hydroxylation sites is 2. The van der Waals surface area contributed by atoms with Crippen LogP contribution in [0.3, 0.4) is 0 Å². The number of imide groups is 1. The number of carbonyl (C=O) groups is 3. The number of pyridine rings is 1. The largest absolute Gasteiger partial charge is 0.353 e. The summed E-state index contributed by atoms with van der Waals surface area (Å²) in [7, 11) is 0. The fraction of sp³-hybridized carbons (Fsp3) is 0.188. The number of carbonyl (C=O) groups excluding carboxylic acids is 3. The quantitative estimate of drug-likeness (QED) is 0.292. The molecule has 9 heteroatoms. The maximum absolute atomic E-state index is 13.8. The van der Waals surface area contributed by atoms with Crippen LogP contribution < -0.4 is 11.1 Å². The summed E-state index contributed by atoms with van der Waals surface area (Å²) < 4.78 is 2.22. The number of fused-ring (bicyclic) bond motifs is 10. The van der Waals surface area contributed by atoms with Gasteiger partial charge in [-0.15, -0.1) is 0 Å². The summed E-state index contributed by atoms with van der Waals surface area (Å²) in [4.78, 5) is 49.8. The first-order chi connectivity index (χ1) is 19.9. The van der Waals surface area contributed by atoms with Gasteiger partial charge >= 0.3 is 0 Å². The minimum absolute atomic E-state index is 0.116. The zero-order valence-electron chi connectivity index (χ0n) is 22.3. The van der Waals surface area contributed by atoms with Crippen molar-refractivity contribution in [2.24, 2.45) is 5.73 Å². The summed E-state index contributed by atoms with van der Waals surface area (Å²) in [6.45, 7) is 2.92. The highest BCUT2D eigenvalue weighted by atomic mass is 16.2. The van der Waals surface area contributed by atoms with E-state index in [1.807, 2.05) is 66.4 Å². The summed E-state index contributed by atoms with van der Waals surface area (Å²) in [5.74, 6) is -0.872. The van der Waals surface area contributed by atoms with Crippen LogP contribution in [0.25, 0.3) is 43.6 Å². The molecule has 3 amide bonds. The van der Waals surface area contributed by atoms with Gasteiger partial charge in [0.05, 0.1) is 33.7 Å². The fourth-order valence-electron chi connectivity index (χ4n) is 6.89. The lowest BCUT2D eigenvalue weighted by Crippen LogP contribution is -2.48. The fourth-order valence-corrected chi connectivity index (χ4v) is 6.89. The number of rotatable bonds is 3. The Hall–Kier alpha value is -5.02. The van der Waals surface area contributed by atoms with Gasteiger partial charge in [-0.25, -0.2) is 0 Å². The third-order valence-corrected chi connectivity index (χ3v) is 8.64. The molecule has 5 heterocycles. The van der Waals surface area contributed by atoms with E-state index in [1.165, 1.54) is 0 Å². The standard InChI is InChI=1S/C32H26N6O3/c1-16-14-38-28-18(15-37(16)32(41)21(33)12-17-6-5-11-34-13-17)7-4-9-20(28)24-26-25(30(39)36-31(26)40)23-19-8-2-3-10-22(19)35-27(23)29(24)38/h2-11,13,16,21,35H,12,14-15,33H2,1H3,(H,36,39,40). The number of H-pyrrole nitrogens is 1. The second-order valence-corrected chi connectivity index (χ2v) is 11.1. The molecule has 8 rings (SSSR count). The van der Waals surface area contributed by atoms with Crippen molar-refractivity contribution in [2.75, 3.05) is 0 Å². The van der Waals surface area contributed by atoms with Crippen molar-refractivity contribution in [1.82, 2.24) is 24.8 Å². The van der Waals surface area contributed by atoms with E-state index in [1.54, 1.807) is 12.4 Å². The van der Waals surface area contributed by atoms with Crippen molar-refractivity contribution in [1.29, 1.82) is 0 Å². The number of hydrogen-bond acceptors (Lipinski definition) is 5. The Labute approximate surface area is 233 Å². The van der Waals surface area contributed by atoms with Crippen LogP contribution in [0.2, 0.25) is 0 Å². The van der Waals surface area contributed by atoms with Crippen LogP contribution in [0, 0.1) is 0 Å². The Bertz CT molecular complexity index is 2110. The first-order valence-electron chi connectivity index (χ1n) is 13.7. The van der Waals surface area contributed by atoms with Gasteiger partial charge in [-0.3, -0.25) is 24.7 Å². The van der Waals surface area contributed by atoms with Crippen molar-refractivity contribution < 1.29 is 14.4 Å². The van der Waals surface area contributed by atoms with Crippen molar-refractivity contribution in [3.63, 3.8) is 0 Å². The molecule has 2 aliphatic rings. The lowest BCUT2D eigenvalue weighted by atomic mass is 9.96. The first-order valence-corrected chi connectivity index (χ1v) is 13.7. The number of aromatic nitrogens is 3. The molecule has 6 aromatic rings.